The van der Waals surface area contributed by atoms with Crippen molar-refractivity contribution in [3.63, 3.8) is 0 Å². The summed E-state index contributed by atoms with van der Waals surface area (Å²) < 4.78 is 10.1. The van der Waals surface area contributed by atoms with Gasteiger partial charge in [0.1, 0.15) is 0 Å². The highest BCUT2D eigenvalue weighted by molar-refractivity contribution is 5.75. The van der Waals surface area contributed by atoms with Gasteiger partial charge >= 0.3 is 5.97 Å². The van der Waals surface area contributed by atoms with Crippen LogP contribution in [-0.4, -0.2) is 43.3 Å². The fraction of sp³-hybridized carbons (Fsp3) is 0.917. The molecule has 6 nitrogen and oxygen atoms in total. The first-order chi connectivity index (χ1) is 8.61. The van der Waals surface area contributed by atoms with Gasteiger partial charge in [-0.25, -0.2) is 9.63 Å². The third kappa shape index (κ3) is 1.46. The van der Waals surface area contributed by atoms with Crippen molar-refractivity contribution in [2.75, 3.05) is 14.2 Å². The number of ether oxygens (including phenoxy) is 2. The summed E-state index contributed by atoms with van der Waals surface area (Å²) in [6.07, 6.45) is 2.02. The van der Waals surface area contributed by atoms with Gasteiger partial charge in [-0.3, -0.25) is 4.84 Å². The lowest BCUT2D eigenvalue weighted by molar-refractivity contribution is -0.456. The number of hydroxylamine groups is 2. The van der Waals surface area contributed by atoms with Crippen molar-refractivity contribution in [3.05, 3.63) is 0 Å². The summed E-state index contributed by atoms with van der Waals surface area (Å²) in [7, 11) is 3.00. The number of esters is 1. The molecule has 2 saturated heterocycles. The SMILES string of the molecule is COC(=O)[C@@H]1ON2O[C@H](OC)C[C@H]3CC[C@@H]1[C@]32C. The number of rotatable bonds is 2. The average molecular weight is 257 g/mol. The Labute approximate surface area is 106 Å². The number of methoxy groups -OCH3 is 2. The summed E-state index contributed by atoms with van der Waals surface area (Å²) in [5.74, 6) is 0.234. The van der Waals surface area contributed by atoms with Gasteiger partial charge in [-0.15, -0.1) is 0 Å². The van der Waals surface area contributed by atoms with Crippen molar-refractivity contribution in [3.8, 4) is 0 Å². The molecule has 3 aliphatic rings. The molecule has 0 spiro atoms. The maximum absolute atomic E-state index is 11.8. The van der Waals surface area contributed by atoms with E-state index >= 15 is 0 Å². The summed E-state index contributed by atoms with van der Waals surface area (Å²) in [5.41, 5.74) is -0.242. The van der Waals surface area contributed by atoms with Crippen molar-refractivity contribution < 1.29 is 23.9 Å². The summed E-state index contributed by atoms with van der Waals surface area (Å²) in [4.78, 5) is 23.1. The van der Waals surface area contributed by atoms with Crippen LogP contribution in [0.15, 0.2) is 0 Å². The Morgan fingerprint density at radius 1 is 1.33 bits per heavy atom. The number of nitrogens with zero attached hydrogens (tertiary/aromatic N) is 1. The van der Waals surface area contributed by atoms with E-state index in [-0.39, 0.29) is 23.7 Å². The van der Waals surface area contributed by atoms with Gasteiger partial charge in [0.2, 0.25) is 0 Å². The smallest absolute Gasteiger partial charge is 0.337 e. The Morgan fingerprint density at radius 3 is 2.78 bits per heavy atom. The maximum atomic E-state index is 11.8. The van der Waals surface area contributed by atoms with E-state index in [4.69, 9.17) is 19.1 Å². The summed E-state index contributed by atoms with van der Waals surface area (Å²) in [6.45, 7) is 2.10. The molecule has 0 radical (unpaired) electrons. The molecule has 5 atom stereocenters. The summed E-state index contributed by atoms with van der Waals surface area (Å²) in [5, 5.41) is 1.49. The van der Waals surface area contributed by atoms with E-state index in [2.05, 4.69) is 6.92 Å². The fourth-order valence-corrected chi connectivity index (χ4v) is 3.64. The van der Waals surface area contributed by atoms with Crippen molar-refractivity contribution >= 4 is 5.97 Å². The molecule has 0 aromatic heterocycles. The molecular formula is C12H19NO5. The van der Waals surface area contributed by atoms with E-state index in [1.165, 1.54) is 12.3 Å². The molecule has 0 bridgehead atoms. The van der Waals surface area contributed by atoms with Crippen LogP contribution in [0.5, 0.6) is 0 Å². The molecule has 2 heterocycles. The van der Waals surface area contributed by atoms with Crippen LogP contribution >= 0.6 is 0 Å². The van der Waals surface area contributed by atoms with Gasteiger partial charge in [-0.2, -0.15) is 0 Å². The van der Waals surface area contributed by atoms with Crippen LogP contribution in [0, 0.1) is 11.8 Å². The molecule has 18 heavy (non-hydrogen) atoms. The maximum Gasteiger partial charge on any atom is 0.337 e. The Hall–Kier alpha value is -0.690. The fourth-order valence-electron chi connectivity index (χ4n) is 3.64. The van der Waals surface area contributed by atoms with Crippen LogP contribution in [-0.2, 0) is 23.9 Å². The van der Waals surface area contributed by atoms with Crippen molar-refractivity contribution in [2.24, 2.45) is 11.8 Å². The zero-order chi connectivity index (χ0) is 12.9. The first-order valence-corrected chi connectivity index (χ1v) is 6.35. The zero-order valence-corrected chi connectivity index (χ0v) is 10.9. The molecule has 0 aromatic rings. The molecule has 0 unspecified atom stereocenters. The monoisotopic (exact) mass is 257 g/mol. The van der Waals surface area contributed by atoms with Gasteiger partial charge in [0.25, 0.3) is 0 Å². The number of hydrogen-bond acceptors (Lipinski definition) is 6. The average Bonchev–Trinajstić information content (AvgIpc) is 2.87. The summed E-state index contributed by atoms with van der Waals surface area (Å²) in [6, 6.07) is 0. The number of hydrogen-bond donors (Lipinski definition) is 0. The quantitative estimate of drug-likeness (QED) is 0.684. The van der Waals surface area contributed by atoms with Gasteiger partial charge in [-0.05, 0) is 25.7 Å². The standard InChI is InChI=1S/C12H19NO5/c1-12-7-4-5-8(12)10(11(14)16-3)18-13(12)17-9(6-7)15-2/h7-10H,4-6H2,1-3H3/t7-,8+,9+,10-,12+/m1/s1. The molecule has 6 heteroatoms. The van der Waals surface area contributed by atoms with Gasteiger partial charge in [0.05, 0.1) is 12.6 Å². The third-order valence-electron chi connectivity index (χ3n) is 4.76. The van der Waals surface area contributed by atoms with E-state index in [0.717, 1.165) is 19.3 Å². The second-order valence-electron chi connectivity index (χ2n) is 5.42. The summed E-state index contributed by atoms with van der Waals surface area (Å²) >= 11 is 0. The molecule has 0 N–H and O–H groups in total. The zero-order valence-electron chi connectivity index (χ0n) is 10.9. The van der Waals surface area contributed by atoms with Gasteiger partial charge in [0, 0.05) is 19.4 Å². The van der Waals surface area contributed by atoms with E-state index < -0.39 is 6.10 Å². The number of carbonyl (C=O) groups excluding carboxylic acids is 1. The largest absolute Gasteiger partial charge is 0.467 e. The van der Waals surface area contributed by atoms with Crippen LogP contribution in [0.4, 0.5) is 0 Å². The topological polar surface area (TPSA) is 57.2 Å². The first-order valence-electron chi connectivity index (χ1n) is 6.35. The minimum Gasteiger partial charge on any atom is -0.467 e. The Kier molecular flexibility index (Phi) is 2.85. The van der Waals surface area contributed by atoms with Crippen LogP contribution in [0.1, 0.15) is 26.2 Å². The highest BCUT2D eigenvalue weighted by atomic mass is 17.0. The Balaban J connectivity index is 1.88. The molecule has 102 valence electrons. The lowest BCUT2D eigenvalue weighted by Crippen LogP contribution is -2.54. The molecule has 0 amide bonds. The normalized spacial score (nSPS) is 47.1. The molecule has 2 aliphatic heterocycles. The molecule has 0 aromatic carbocycles. The van der Waals surface area contributed by atoms with Crippen molar-refractivity contribution in [2.45, 2.75) is 44.1 Å². The van der Waals surface area contributed by atoms with E-state index in [1.807, 2.05) is 0 Å². The van der Waals surface area contributed by atoms with Crippen LogP contribution < -0.4 is 0 Å². The Bertz CT molecular complexity index is 362. The number of carbonyl (C=O) groups is 1. The van der Waals surface area contributed by atoms with Crippen molar-refractivity contribution in [1.29, 1.82) is 0 Å². The van der Waals surface area contributed by atoms with E-state index in [0.29, 0.717) is 5.92 Å². The molecule has 1 aliphatic carbocycles. The predicted octanol–water partition coefficient (Wildman–Crippen LogP) is 0.868. The molecule has 1 saturated carbocycles. The highest BCUT2D eigenvalue weighted by Gasteiger charge is 2.65. The third-order valence-corrected chi connectivity index (χ3v) is 4.76. The second-order valence-corrected chi connectivity index (χ2v) is 5.42. The minimum atomic E-state index is -0.555. The lowest BCUT2D eigenvalue weighted by Gasteiger charge is -2.43. The Morgan fingerprint density at radius 2 is 2.11 bits per heavy atom. The molecular weight excluding hydrogens is 238 g/mol. The molecule has 3 fully saturated rings. The minimum absolute atomic E-state index is 0.132. The first kappa shape index (κ1) is 12.3. The predicted molar refractivity (Wildman–Crippen MR) is 59.8 cm³/mol. The van der Waals surface area contributed by atoms with E-state index in [9.17, 15) is 4.79 Å². The lowest BCUT2D eigenvalue weighted by atomic mass is 9.79. The van der Waals surface area contributed by atoms with Crippen LogP contribution in [0.25, 0.3) is 0 Å². The van der Waals surface area contributed by atoms with Gasteiger partial charge < -0.3 is 9.47 Å². The van der Waals surface area contributed by atoms with Crippen LogP contribution in [0.3, 0.4) is 0 Å². The van der Waals surface area contributed by atoms with Crippen molar-refractivity contribution in [1.82, 2.24) is 5.23 Å². The second kappa shape index (κ2) is 4.16. The van der Waals surface area contributed by atoms with E-state index in [1.54, 1.807) is 7.11 Å². The van der Waals surface area contributed by atoms with Gasteiger partial charge in [-0.1, -0.05) is 5.23 Å². The van der Waals surface area contributed by atoms with Crippen LogP contribution in [0.2, 0.25) is 0 Å². The highest BCUT2D eigenvalue weighted by Crippen LogP contribution is 2.56. The van der Waals surface area contributed by atoms with Gasteiger partial charge in [0.15, 0.2) is 12.4 Å². The molecule has 3 rings (SSSR count).